The number of benzene rings is 1. The first-order valence-electron chi connectivity index (χ1n) is 4.93. The number of aromatic amines is 1. The number of aromatic nitrogens is 2. The number of hydrogen-bond acceptors (Lipinski definition) is 3. The first-order chi connectivity index (χ1) is 8.08. The Morgan fingerprint density at radius 3 is 2.41 bits per heavy atom. The van der Waals surface area contributed by atoms with E-state index in [1.807, 2.05) is 6.92 Å². The molecule has 6 heteroatoms. The first kappa shape index (κ1) is 11.4. The molecule has 0 radical (unpaired) electrons. The van der Waals surface area contributed by atoms with Crippen molar-refractivity contribution in [1.82, 2.24) is 10.2 Å². The number of halogens is 2. The minimum atomic E-state index is -2.82. The predicted octanol–water partition coefficient (Wildman–Crippen LogP) is 2.57. The summed E-state index contributed by atoms with van der Waals surface area (Å²) in [5.74, 6) is 0.494. The minimum Gasteiger partial charge on any atom is -0.435 e. The Balaban J connectivity index is 2.30. The van der Waals surface area contributed by atoms with Gasteiger partial charge >= 0.3 is 6.61 Å². The van der Waals surface area contributed by atoms with Gasteiger partial charge < -0.3 is 10.5 Å². The van der Waals surface area contributed by atoms with Crippen LogP contribution >= 0.6 is 0 Å². The molecule has 3 N–H and O–H groups in total. The molecule has 0 spiro atoms. The lowest BCUT2D eigenvalue weighted by Crippen LogP contribution is -2.01. The number of hydrogen-bond donors (Lipinski definition) is 2. The smallest absolute Gasteiger partial charge is 0.387 e. The molecule has 0 saturated carbocycles. The van der Waals surface area contributed by atoms with Gasteiger partial charge in [-0.25, -0.2) is 0 Å². The van der Waals surface area contributed by atoms with Gasteiger partial charge in [0.15, 0.2) is 5.82 Å². The van der Waals surface area contributed by atoms with Crippen molar-refractivity contribution in [3.05, 3.63) is 30.0 Å². The van der Waals surface area contributed by atoms with Crippen molar-refractivity contribution in [2.75, 3.05) is 5.73 Å². The second-order valence-corrected chi connectivity index (χ2v) is 3.51. The van der Waals surface area contributed by atoms with Crippen molar-refractivity contribution in [3.8, 4) is 16.9 Å². The highest BCUT2D eigenvalue weighted by Crippen LogP contribution is 2.29. The van der Waals surface area contributed by atoms with Crippen LogP contribution in [0.5, 0.6) is 5.75 Å². The lowest BCUT2D eigenvalue weighted by molar-refractivity contribution is -0.0498. The van der Waals surface area contributed by atoms with Crippen LogP contribution in [-0.2, 0) is 0 Å². The zero-order chi connectivity index (χ0) is 12.4. The molecule has 0 aliphatic heterocycles. The summed E-state index contributed by atoms with van der Waals surface area (Å²) >= 11 is 0. The Hall–Kier alpha value is -2.11. The largest absolute Gasteiger partial charge is 0.435 e. The summed E-state index contributed by atoms with van der Waals surface area (Å²) in [4.78, 5) is 0. The molecule has 0 saturated heterocycles. The van der Waals surface area contributed by atoms with E-state index in [1.54, 1.807) is 12.1 Å². The van der Waals surface area contributed by atoms with Gasteiger partial charge in [-0.05, 0) is 24.6 Å². The summed E-state index contributed by atoms with van der Waals surface area (Å²) in [6.07, 6.45) is 0. The fourth-order valence-electron chi connectivity index (χ4n) is 1.62. The fourth-order valence-corrected chi connectivity index (χ4v) is 1.62. The van der Waals surface area contributed by atoms with Gasteiger partial charge in [0.1, 0.15) is 5.75 Å². The SMILES string of the molecule is Cc1[nH]nc(N)c1-c1ccc(OC(F)F)cc1. The molecule has 90 valence electrons. The third-order valence-corrected chi connectivity index (χ3v) is 2.34. The highest BCUT2D eigenvalue weighted by Gasteiger charge is 2.10. The number of alkyl halides is 2. The Bertz CT molecular complexity index is 488. The van der Waals surface area contributed by atoms with Gasteiger partial charge in [-0.2, -0.15) is 13.9 Å². The summed E-state index contributed by atoms with van der Waals surface area (Å²) in [6.45, 7) is -0.982. The molecular weight excluding hydrogens is 228 g/mol. The first-order valence-corrected chi connectivity index (χ1v) is 4.93. The number of H-pyrrole nitrogens is 1. The summed E-state index contributed by atoms with van der Waals surface area (Å²) < 4.78 is 28.2. The lowest BCUT2D eigenvalue weighted by Gasteiger charge is -2.05. The molecule has 0 fully saturated rings. The Labute approximate surface area is 96.4 Å². The molecule has 0 unspecified atom stereocenters. The number of anilines is 1. The van der Waals surface area contributed by atoms with Crippen LogP contribution < -0.4 is 10.5 Å². The zero-order valence-electron chi connectivity index (χ0n) is 9.08. The van der Waals surface area contributed by atoms with Crippen LogP contribution in [0.4, 0.5) is 14.6 Å². The van der Waals surface area contributed by atoms with E-state index in [-0.39, 0.29) is 5.75 Å². The quantitative estimate of drug-likeness (QED) is 0.865. The Morgan fingerprint density at radius 2 is 1.94 bits per heavy atom. The molecule has 1 aromatic carbocycles. The van der Waals surface area contributed by atoms with Crippen molar-refractivity contribution >= 4 is 5.82 Å². The van der Waals surface area contributed by atoms with Gasteiger partial charge in [0, 0.05) is 11.3 Å². The molecule has 4 nitrogen and oxygen atoms in total. The third kappa shape index (κ3) is 2.35. The maximum absolute atomic E-state index is 12.0. The van der Waals surface area contributed by atoms with Crippen molar-refractivity contribution in [2.45, 2.75) is 13.5 Å². The van der Waals surface area contributed by atoms with Crippen LogP contribution in [-0.4, -0.2) is 16.8 Å². The van der Waals surface area contributed by atoms with Crippen LogP contribution in [0, 0.1) is 6.92 Å². The second kappa shape index (κ2) is 4.40. The molecule has 1 heterocycles. The molecule has 0 bridgehead atoms. The number of rotatable bonds is 3. The van der Waals surface area contributed by atoms with Gasteiger partial charge in [0.05, 0.1) is 0 Å². The molecule has 2 aromatic rings. The second-order valence-electron chi connectivity index (χ2n) is 3.51. The highest BCUT2D eigenvalue weighted by molar-refractivity contribution is 5.76. The Kier molecular flexibility index (Phi) is 2.95. The number of nitrogens with two attached hydrogens (primary N) is 1. The maximum Gasteiger partial charge on any atom is 0.387 e. The lowest BCUT2D eigenvalue weighted by atomic mass is 10.1. The summed E-state index contributed by atoms with van der Waals surface area (Å²) in [5.41, 5.74) is 8.10. The van der Waals surface area contributed by atoms with Crippen LogP contribution in [0.2, 0.25) is 0 Å². The molecule has 0 atom stereocenters. The van der Waals surface area contributed by atoms with E-state index in [9.17, 15) is 8.78 Å². The van der Waals surface area contributed by atoms with Crippen molar-refractivity contribution in [1.29, 1.82) is 0 Å². The molecule has 0 amide bonds. The molecule has 1 aromatic heterocycles. The topological polar surface area (TPSA) is 63.9 Å². The highest BCUT2D eigenvalue weighted by atomic mass is 19.3. The third-order valence-electron chi connectivity index (χ3n) is 2.34. The average Bonchev–Trinajstić information content (AvgIpc) is 2.59. The average molecular weight is 239 g/mol. The zero-order valence-corrected chi connectivity index (χ0v) is 9.08. The van der Waals surface area contributed by atoms with Gasteiger partial charge in [-0.15, -0.1) is 0 Å². The molecule has 2 rings (SSSR count). The number of nitrogens with zero attached hydrogens (tertiary/aromatic N) is 1. The van der Waals surface area contributed by atoms with Crippen LogP contribution in [0.25, 0.3) is 11.1 Å². The van der Waals surface area contributed by atoms with Gasteiger partial charge in [0.2, 0.25) is 0 Å². The summed E-state index contributed by atoms with van der Waals surface area (Å²) in [7, 11) is 0. The van der Waals surface area contributed by atoms with E-state index in [1.165, 1.54) is 12.1 Å². The van der Waals surface area contributed by atoms with E-state index in [0.717, 1.165) is 16.8 Å². The summed E-state index contributed by atoms with van der Waals surface area (Å²) in [6, 6.07) is 6.25. The summed E-state index contributed by atoms with van der Waals surface area (Å²) in [5, 5.41) is 6.62. The van der Waals surface area contributed by atoms with Gasteiger partial charge in [-0.3, -0.25) is 5.10 Å². The number of aryl methyl sites for hydroxylation is 1. The molecular formula is C11H11F2N3O. The van der Waals surface area contributed by atoms with Crippen LogP contribution in [0.1, 0.15) is 5.69 Å². The minimum absolute atomic E-state index is 0.114. The van der Waals surface area contributed by atoms with E-state index in [4.69, 9.17) is 5.73 Å². The van der Waals surface area contributed by atoms with Crippen molar-refractivity contribution < 1.29 is 13.5 Å². The van der Waals surface area contributed by atoms with E-state index in [0.29, 0.717) is 5.82 Å². The van der Waals surface area contributed by atoms with E-state index >= 15 is 0 Å². The van der Waals surface area contributed by atoms with Gasteiger partial charge in [0.25, 0.3) is 0 Å². The van der Waals surface area contributed by atoms with E-state index in [2.05, 4.69) is 14.9 Å². The number of ether oxygens (including phenoxy) is 1. The maximum atomic E-state index is 12.0. The molecule has 0 aliphatic rings. The molecule has 0 aliphatic carbocycles. The normalized spacial score (nSPS) is 10.8. The fraction of sp³-hybridized carbons (Fsp3) is 0.182. The van der Waals surface area contributed by atoms with Crippen molar-refractivity contribution in [2.24, 2.45) is 0 Å². The molecule has 17 heavy (non-hydrogen) atoms. The predicted molar refractivity (Wildman–Crippen MR) is 59.8 cm³/mol. The monoisotopic (exact) mass is 239 g/mol. The standard InChI is InChI=1S/C11H11F2N3O/c1-6-9(10(14)16-15-6)7-2-4-8(5-3-7)17-11(12)13/h2-5,11H,1H3,(H3,14,15,16). The number of nitrogen functional groups attached to an aromatic ring is 1. The number of nitrogens with one attached hydrogen (secondary N) is 1. The van der Waals surface area contributed by atoms with Crippen LogP contribution in [0.15, 0.2) is 24.3 Å². The Morgan fingerprint density at radius 1 is 1.29 bits per heavy atom. The van der Waals surface area contributed by atoms with Crippen LogP contribution in [0.3, 0.4) is 0 Å². The van der Waals surface area contributed by atoms with Gasteiger partial charge in [-0.1, -0.05) is 12.1 Å². The van der Waals surface area contributed by atoms with E-state index < -0.39 is 6.61 Å². The van der Waals surface area contributed by atoms with Crippen molar-refractivity contribution in [3.63, 3.8) is 0 Å².